The lowest BCUT2D eigenvalue weighted by atomic mass is 9.96. The molecule has 0 saturated carbocycles. The highest BCUT2D eigenvalue weighted by atomic mass is 16.2. The normalized spacial score (nSPS) is 27.8. The summed E-state index contributed by atoms with van der Waals surface area (Å²) in [4.78, 5) is 28.2. The Morgan fingerprint density at radius 1 is 1.25 bits per heavy atom. The molecule has 0 spiro atoms. The van der Waals surface area contributed by atoms with Crippen molar-refractivity contribution < 1.29 is 4.79 Å². The number of carbonyl (C=O) groups is 1. The van der Waals surface area contributed by atoms with Crippen LogP contribution in [0.1, 0.15) is 26.2 Å². The summed E-state index contributed by atoms with van der Waals surface area (Å²) in [5.74, 6) is 1.72. The van der Waals surface area contributed by atoms with Gasteiger partial charge in [-0.05, 0) is 38.9 Å². The molecule has 0 radical (unpaired) electrons. The maximum Gasteiger partial charge on any atom is 0.227 e. The van der Waals surface area contributed by atoms with Crippen molar-refractivity contribution in [1.82, 2.24) is 19.8 Å². The summed E-state index contributed by atoms with van der Waals surface area (Å²) in [6.45, 7) is 5.66. The maximum absolute atomic E-state index is 13.0. The molecule has 1 aromatic rings. The highest BCUT2D eigenvalue weighted by Crippen LogP contribution is 2.28. The van der Waals surface area contributed by atoms with Gasteiger partial charge < -0.3 is 14.7 Å². The van der Waals surface area contributed by atoms with Gasteiger partial charge in [-0.1, -0.05) is 13.3 Å². The Labute approximate surface area is 144 Å². The molecule has 1 amide bonds. The van der Waals surface area contributed by atoms with Crippen LogP contribution < -0.4 is 4.90 Å². The van der Waals surface area contributed by atoms with E-state index < -0.39 is 0 Å². The Kier molecular flexibility index (Phi) is 5.33. The smallest absolute Gasteiger partial charge is 0.227 e. The van der Waals surface area contributed by atoms with Gasteiger partial charge in [0.15, 0.2) is 0 Å². The molecule has 3 rings (SSSR count). The molecule has 0 bridgehead atoms. The number of likely N-dealkylation sites (N-methyl/N-ethyl adjacent to an activating group) is 1. The number of likely N-dealkylation sites (tertiary alicyclic amines) is 1. The number of piperidine rings is 1. The Morgan fingerprint density at radius 2 is 2.00 bits per heavy atom. The van der Waals surface area contributed by atoms with Crippen LogP contribution in [0.15, 0.2) is 18.5 Å². The first kappa shape index (κ1) is 17.1. The molecule has 132 valence electrons. The molecule has 2 aliphatic heterocycles. The van der Waals surface area contributed by atoms with Crippen LogP contribution >= 0.6 is 0 Å². The van der Waals surface area contributed by atoms with Gasteiger partial charge in [0.2, 0.25) is 11.9 Å². The predicted octanol–water partition coefficient (Wildman–Crippen LogP) is 1.49. The lowest BCUT2D eigenvalue weighted by Gasteiger charge is -2.34. The lowest BCUT2D eigenvalue weighted by molar-refractivity contribution is -0.135. The first-order valence-electron chi connectivity index (χ1n) is 9.07. The van der Waals surface area contributed by atoms with Crippen molar-refractivity contribution in [2.45, 2.75) is 32.2 Å². The third-order valence-electron chi connectivity index (χ3n) is 5.51. The second-order valence-corrected chi connectivity index (χ2v) is 7.28. The van der Waals surface area contributed by atoms with Crippen LogP contribution in [0.3, 0.4) is 0 Å². The number of hydrogen-bond donors (Lipinski definition) is 0. The fraction of sp³-hybridized carbons (Fsp3) is 0.722. The zero-order valence-electron chi connectivity index (χ0n) is 15.1. The van der Waals surface area contributed by atoms with Crippen molar-refractivity contribution in [3.63, 3.8) is 0 Å². The van der Waals surface area contributed by atoms with Gasteiger partial charge >= 0.3 is 0 Å². The zero-order chi connectivity index (χ0) is 17.1. The van der Waals surface area contributed by atoms with Gasteiger partial charge in [-0.2, -0.15) is 0 Å². The second kappa shape index (κ2) is 7.47. The summed E-state index contributed by atoms with van der Waals surface area (Å²) in [5, 5.41) is 0. The first-order chi connectivity index (χ1) is 11.6. The second-order valence-electron chi connectivity index (χ2n) is 7.28. The molecule has 0 aliphatic carbocycles. The minimum Gasteiger partial charge on any atom is -0.340 e. The van der Waals surface area contributed by atoms with Gasteiger partial charge in [0.25, 0.3) is 0 Å². The molecule has 0 unspecified atom stereocenters. The van der Waals surface area contributed by atoms with E-state index in [0.717, 1.165) is 51.4 Å². The average molecular weight is 331 g/mol. The molecule has 2 aliphatic rings. The number of hydrogen-bond acceptors (Lipinski definition) is 5. The summed E-state index contributed by atoms with van der Waals surface area (Å²) >= 11 is 0. The third kappa shape index (κ3) is 3.53. The molecule has 2 saturated heterocycles. The third-order valence-corrected chi connectivity index (χ3v) is 5.51. The van der Waals surface area contributed by atoms with E-state index in [1.54, 1.807) is 12.4 Å². The molecule has 3 heterocycles. The minimum absolute atomic E-state index is 0.0703. The largest absolute Gasteiger partial charge is 0.340 e. The summed E-state index contributed by atoms with van der Waals surface area (Å²) < 4.78 is 0. The van der Waals surface area contributed by atoms with E-state index in [2.05, 4.69) is 45.7 Å². The lowest BCUT2D eigenvalue weighted by Crippen LogP contribution is -2.45. The summed E-state index contributed by atoms with van der Waals surface area (Å²) in [6, 6.07) is 2.31. The summed E-state index contributed by atoms with van der Waals surface area (Å²) in [7, 11) is 4.24. The summed E-state index contributed by atoms with van der Waals surface area (Å²) in [5.41, 5.74) is 0. The van der Waals surface area contributed by atoms with E-state index in [4.69, 9.17) is 0 Å². The fourth-order valence-electron chi connectivity index (χ4n) is 4.09. The van der Waals surface area contributed by atoms with Gasteiger partial charge in [0.1, 0.15) is 0 Å². The highest BCUT2D eigenvalue weighted by Gasteiger charge is 2.38. The molecule has 1 aromatic heterocycles. The Morgan fingerprint density at radius 3 is 2.62 bits per heavy atom. The number of nitrogens with zero attached hydrogens (tertiary/aromatic N) is 5. The van der Waals surface area contributed by atoms with Crippen molar-refractivity contribution in [2.75, 3.05) is 45.2 Å². The number of carbonyl (C=O) groups excluding carboxylic acids is 1. The average Bonchev–Trinajstić information content (AvgIpc) is 3.06. The van der Waals surface area contributed by atoms with Crippen molar-refractivity contribution in [2.24, 2.45) is 11.8 Å². The van der Waals surface area contributed by atoms with Crippen LogP contribution in [0.5, 0.6) is 0 Å². The van der Waals surface area contributed by atoms with Crippen molar-refractivity contribution in [3.05, 3.63) is 18.5 Å². The number of rotatable bonds is 4. The number of anilines is 1. The van der Waals surface area contributed by atoms with Crippen LogP contribution in [0.25, 0.3) is 0 Å². The van der Waals surface area contributed by atoms with Gasteiger partial charge in [0.05, 0.1) is 5.92 Å². The van der Waals surface area contributed by atoms with Gasteiger partial charge in [-0.15, -0.1) is 0 Å². The molecule has 0 aromatic carbocycles. The predicted molar refractivity (Wildman–Crippen MR) is 94.8 cm³/mol. The van der Waals surface area contributed by atoms with E-state index in [0.29, 0.717) is 17.9 Å². The van der Waals surface area contributed by atoms with Crippen LogP contribution in [-0.2, 0) is 4.79 Å². The van der Waals surface area contributed by atoms with E-state index in [-0.39, 0.29) is 5.92 Å². The first-order valence-corrected chi connectivity index (χ1v) is 9.07. The Bertz CT molecular complexity index is 550. The fourth-order valence-corrected chi connectivity index (χ4v) is 4.09. The van der Waals surface area contributed by atoms with Gasteiger partial charge in [-0.25, -0.2) is 9.97 Å². The van der Waals surface area contributed by atoms with E-state index in [1.165, 1.54) is 0 Å². The maximum atomic E-state index is 13.0. The SMILES string of the molecule is CC[C@@H]1CN(C(=O)[C@H]2CCCN(c3ncccn3)C2)C[C@H]1N(C)C. The van der Waals surface area contributed by atoms with Crippen molar-refractivity contribution in [1.29, 1.82) is 0 Å². The minimum atomic E-state index is 0.0703. The van der Waals surface area contributed by atoms with Crippen LogP contribution in [-0.4, -0.2) is 72.0 Å². The topological polar surface area (TPSA) is 52.6 Å². The van der Waals surface area contributed by atoms with Crippen molar-refractivity contribution in [3.8, 4) is 0 Å². The van der Waals surface area contributed by atoms with Crippen LogP contribution in [0.4, 0.5) is 5.95 Å². The molecule has 2 fully saturated rings. The van der Waals surface area contributed by atoms with E-state index >= 15 is 0 Å². The van der Waals surface area contributed by atoms with E-state index in [1.807, 2.05) is 6.07 Å². The van der Waals surface area contributed by atoms with Crippen LogP contribution in [0, 0.1) is 11.8 Å². The van der Waals surface area contributed by atoms with Crippen molar-refractivity contribution >= 4 is 11.9 Å². The number of aromatic nitrogens is 2. The van der Waals surface area contributed by atoms with E-state index in [9.17, 15) is 4.79 Å². The Hall–Kier alpha value is -1.69. The summed E-state index contributed by atoms with van der Waals surface area (Å²) in [6.07, 6.45) is 6.66. The molecular weight excluding hydrogens is 302 g/mol. The molecule has 0 N–H and O–H groups in total. The van der Waals surface area contributed by atoms with Crippen LogP contribution in [0.2, 0.25) is 0 Å². The molecule has 3 atom stereocenters. The zero-order valence-corrected chi connectivity index (χ0v) is 15.1. The highest BCUT2D eigenvalue weighted by molar-refractivity contribution is 5.80. The Balaban J connectivity index is 1.65. The monoisotopic (exact) mass is 331 g/mol. The standard InChI is InChI=1S/C18H29N5O/c1-4-14-11-23(13-16(14)21(2)3)17(24)15-7-5-10-22(12-15)18-19-8-6-9-20-18/h6,8-9,14-16H,4-5,7,10-13H2,1-3H3/t14-,15+,16-/m1/s1. The van der Waals surface area contributed by atoms with Gasteiger partial charge in [-0.3, -0.25) is 4.79 Å². The number of amides is 1. The molecule has 6 nitrogen and oxygen atoms in total. The molecular formula is C18H29N5O. The molecule has 6 heteroatoms. The quantitative estimate of drug-likeness (QED) is 0.837. The molecule has 24 heavy (non-hydrogen) atoms. The van der Waals surface area contributed by atoms with Gasteiger partial charge in [0, 0.05) is 44.6 Å².